The quantitative estimate of drug-likeness (QED) is 0.818. The summed E-state index contributed by atoms with van der Waals surface area (Å²) in [7, 11) is 2.28. The van der Waals surface area contributed by atoms with Crippen LogP contribution in [0.25, 0.3) is 0 Å². The third-order valence-corrected chi connectivity index (χ3v) is 5.24. The zero-order chi connectivity index (χ0) is 13.0. The lowest BCUT2D eigenvalue weighted by molar-refractivity contribution is 0.0812. The molecule has 0 radical (unpaired) electrons. The van der Waals surface area contributed by atoms with Gasteiger partial charge in [0.05, 0.1) is 6.61 Å². The van der Waals surface area contributed by atoms with E-state index < -0.39 is 0 Å². The van der Waals surface area contributed by atoms with Crippen molar-refractivity contribution in [3.8, 4) is 0 Å². The van der Waals surface area contributed by atoms with Crippen LogP contribution in [-0.2, 0) is 4.74 Å². The largest absolute Gasteiger partial charge is 0.381 e. The monoisotopic (exact) mass is 254 g/mol. The third-order valence-electron chi connectivity index (χ3n) is 5.24. The van der Waals surface area contributed by atoms with Gasteiger partial charge in [-0.15, -0.1) is 0 Å². The SMILES string of the molecule is CCC1CCC(N(C)C(CN)C2CCOC2)CC1. The molecule has 18 heavy (non-hydrogen) atoms. The van der Waals surface area contributed by atoms with Crippen LogP contribution in [0.15, 0.2) is 0 Å². The zero-order valence-corrected chi connectivity index (χ0v) is 12.1. The molecule has 1 aliphatic carbocycles. The number of rotatable bonds is 5. The average molecular weight is 254 g/mol. The van der Waals surface area contributed by atoms with Gasteiger partial charge in [-0.1, -0.05) is 13.3 Å². The van der Waals surface area contributed by atoms with Gasteiger partial charge in [-0.3, -0.25) is 4.90 Å². The lowest BCUT2D eigenvalue weighted by atomic mass is 9.83. The van der Waals surface area contributed by atoms with Crippen LogP contribution < -0.4 is 5.73 Å². The minimum absolute atomic E-state index is 0.524. The molecule has 2 aliphatic rings. The molecule has 1 heterocycles. The normalized spacial score (nSPS) is 35.0. The van der Waals surface area contributed by atoms with E-state index in [4.69, 9.17) is 10.5 Å². The maximum atomic E-state index is 6.02. The van der Waals surface area contributed by atoms with Crippen LogP contribution in [0.1, 0.15) is 45.4 Å². The fourth-order valence-corrected chi connectivity index (χ4v) is 3.78. The van der Waals surface area contributed by atoms with E-state index in [2.05, 4.69) is 18.9 Å². The van der Waals surface area contributed by atoms with Crippen LogP contribution in [0.2, 0.25) is 0 Å². The molecule has 3 heteroatoms. The Bertz CT molecular complexity index is 233. The van der Waals surface area contributed by atoms with Crippen LogP contribution in [0.4, 0.5) is 0 Å². The summed E-state index contributed by atoms with van der Waals surface area (Å²) in [6, 6.07) is 1.28. The summed E-state index contributed by atoms with van der Waals surface area (Å²) in [5.41, 5.74) is 6.02. The van der Waals surface area contributed by atoms with Crippen molar-refractivity contribution >= 4 is 0 Å². The molecule has 2 fully saturated rings. The molecular formula is C15H30N2O. The van der Waals surface area contributed by atoms with Crippen LogP contribution >= 0.6 is 0 Å². The molecule has 2 N–H and O–H groups in total. The standard InChI is InChI=1S/C15H30N2O/c1-3-12-4-6-14(7-5-12)17(2)15(10-16)13-8-9-18-11-13/h12-15H,3-11,16H2,1-2H3. The van der Waals surface area contributed by atoms with E-state index in [1.165, 1.54) is 38.5 Å². The lowest BCUT2D eigenvalue weighted by Crippen LogP contribution is -2.49. The van der Waals surface area contributed by atoms with Crippen LogP contribution in [0.3, 0.4) is 0 Å². The van der Waals surface area contributed by atoms with Gasteiger partial charge in [0.15, 0.2) is 0 Å². The van der Waals surface area contributed by atoms with Gasteiger partial charge in [-0.2, -0.15) is 0 Å². The van der Waals surface area contributed by atoms with Crippen LogP contribution in [0, 0.1) is 11.8 Å². The third kappa shape index (κ3) is 3.25. The first-order valence-corrected chi connectivity index (χ1v) is 7.76. The summed E-state index contributed by atoms with van der Waals surface area (Å²) in [5, 5.41) is 0. The Morgan fingerprint density at radius 2 is 1.94 bits per heavy atom. The molecule has 0 aromatic carbocycles. The minimum atomic E-state index is 0.524. The summed E-state index contributed by atoms with van der Waals surface area (Å²) in [6.45, 7) is 4.94. The van der Waals surface area contributed by atoms with E-state index in [1.54, 1.807) is 0 Å². The van der Waals surface area contributed by atoms with E-state index in [0.717, 1.165) is 31.7 Å². The second-order valence-corrected chi connectivity index (χ2v) is 6.17. The smallest absolute Gasteiger partial charge is 0.0510 e. The van der Waals surface area contributed by atoms with Crippen molar-refractivity contribution in [2.24, 2.45) is 17.6 Å². The van der Waals surface area contributed by atoms with E-state index >= 15 is 0 Å². The van der Waals surface area contributed by atoms with Gasteiger partial charge in [-0.05, 0) is 45.1 Å². The Balaban J connectivity index is 1.86. The number of nitrogens with zero attached hydrogens (tertiary/aromatic N) is 1. The topological polar surface area (TPSA) is 38.5 Å². The minimum Gasteiger partial charge on any atom is -0.381 e. The first-order valence-electron chi connectivity index (χ1n) is 7.76. The second kappa shape index (κ2) is 6.88. The Morgan fingerprint density at radius 3 is 2.44 bits per heavy atom. The Kier molecular flexibility index (Phi) is 5.46. The average Bonchev–Trinajstić information content (AvgIpc) is 2.93. The summed E-state index contributed by atoms with van der Waals surface area (Å²) in [6.07, 6.45) is 8.08. The highest BCUT2D eigenvalue weighted by Gasteiger charge is 2.32. The maximum absolute atomic E-state index is 6.02. The Labute approximate surface area is 112 Å². The number of likely N-dealkylation sites (N-methyl/N-ethyl adjacent to an activating group) is 1. The van der Waals surface area contributed by atoms with Gasteiger partial charge in [0.1, 0.15) is 0 Å². The molecule has 106 valence electrons. The molecule has 0 amide bonds. The molecule has 2 rings (SSSR count). The predicted molar refractivity (Wildman–Crippen MR) is 75.6 cm³/mol. The maximum Gasteiger partial charge on any atom is 0.0510 e. The molecular weight excluding hydrogens is 224 g/mol. The van der Waals surface area contributed by atoms with Gasteiger partial charge in [0.25, 0.3) is 0 Å². The molecule has 3 nitrogen and oxygen atoms in total. The van der Waals surface area contributed by atoms with E-state index in [0.29, 0.717) is 12.0 Å². The van der Waals surface area contributed by atoms with Gasteiger partial charge in [0.2, 0.25) is 0 Å². The fourth-order valence-electron chi connectivity index (χ4n) is 3.78. The molecule has 0 spiro atoms. The van der Waals surface area contributed by atoms with Gasteiger partial charge in [-0.25, -0.2) is 0 Å². The highest BCUT2D eigenvalue weighted by Crippen LogP contribution is 2.31. The van der Waals surface area contributed by atoms with Crippen LogP contribution in [-0.4, -0.2) is 43.8 Å². The number of nitrogens with two attached hydrogens (primary N) is 1. The molecule has 2 atom stereocenters. The highest BCUT2D eigenvalue weighted by molar-refractivity contribution is 4.87. The van der Waals surface area contributed by atoms with Crippen molar-refractivity contribution in [2.45, 2.75) is 57.5 Å². The summed E-state index contributed by atoms with van der Waals surface area (Å²) < 4.78 is 5.53. The molecule has 0 bridgehead atoms. The van der Waals surface area contributed by atoms with Crippen molar-refractivity contribution in [3.63, 3.8) is 0 Å². The van der Waals surface area contributed by atoms with E-state index in [1.807, 2.05) is 0 Å². The summed E-state index contributed by atoms with van der Waals surface area (Å²) in [5.74, 6) is 1.63. The molecule has 0 aromatic rings. The molecule has 1 saturated heterocycles. The molecule has 0 aromatic heterocycles. The molecule has 2 unspecified atom stereocenters. The predicted octanol–water partition coefficient (Wildman–Crippen LogP) is 2.25. The van der Waals surface area contributed by atoms with Crippen molar-refractivity contribution in [1.82, 2.24) is 4.90 Å². The van der Waals surface area contributed by atoms with Crippen molar-refractivity contribution in [3.05, 3.63) is 0 Å². The number of hydrogen-bond acceptors (Lipinski definition) is 3. The Morgan fingerprint density at radius 1 is 1.22 bits per heavy atom. The Hall–Kier alpha value is -0.120. The van der Waals surface area contributed by atoms with Crippen LogP contribution in [0.5, 0.6) is 0 Å². The first kappa shape index (κ1) is 14.3. The van der Waals surface area contributed by atoms with E-state index in [9.17, 15) is 0 Å². The van der Waals surface area contributed by atoms with Gasteiger partial charge < -0.3 is 10.5 Å². The van der Waals surface area contributed by atoms with Crippen molar-refractivity contribution < 1.29 is 4.74 Å². The van der Waals surface area contributed by atoms with Crippen molar-refractivity contribution in [1.29, 1.82) is 0 Å². The molecule has 1 saturated carbocycles. The number of hydrogen-bond donors (Lipinski definition) is 1. The highest BCUT2D eigenvalue weighted by atomic mass is 16.5. The number of ether oxygens (including phenoxy) is 1. The summed E-state index contributed by atoms with van der Waals surface area (Å²) in [4.78, 5) is 2.57. The fraction of sp³-hybridized carbons (Fsp3) is 1.00. The van der Waals surface area contributed by atoms with Gasteiger partial charge in [0, 0.05) is 31.2 Å². The molecule has 1 aliphatic heterocycles. The lowest BCUT2D eigenvalue weighted by Gasteiger charge is -2.40. The van der Waals surface area contributed by atoms with E-state index in [-0.39, 0.29) is 0 Å². The first-order chi connectivity index (χ1) is 8.76. The van der Waals surface area contributed by atoms with Gasteiger partial charge >= 0.3 is 0 Å². The van der Waals surface area contributed by atoms with Crippen molar-refractivity contribution in [2.75, 3.05) is 26.8 Å². The zero-order valence-electron chi connectivity index (χ0n) is 12.1. The summed E-state index contributed by atoms with van der Waals surface area (Å²) >= 11 is 0. The second-order valence-electron chi connectivity index (χ2n) is 6.17.